The molecule has 1 heterocycles. The lowest BCUT2D eigenvalue weighted by Gasteiger charge is -2.23. The SMILES string of the molecule is CC(c1cccc(OCC2CC2)c1)C(CCOCn1ccc(=O)[nH]c1=O)S(N)(=O)=O. The minimum Gasteiger partial charge on any atom is -0.493 e. The lowest BCUT2D eigenvalue weighted by molar-refractivity contribution is 0.0706. The Morgan fingerprint density at radius 3 is 2.70 bits per heavy atom. The van der Waals surface area contributed by atoms with Crippen LogP contribution < -0.4 is 21.1 Å². The number of ether oxygens (including phenoxy) is 2. The van der Waals surface area contributed by atoms with E-state index in [4.69, 9.17) is 14.6 Å². The first-order valence-electron chi connectivity index (χ1n) is 9.86. The quantitative estimate of drug-likeness (QED) is 0.507. The first kappa shape index (κ1) is 22.3. The van der Waals surface area contributed by atoms with Gasteiger partial charge in [-0.2, -0.15) is 0 Å². The number of H-pyrrole nitrogens is 1. The van der Waals surface area contributed by atoms with Gasteiger partial charge >= 0.3 is 5.69 Å². The van der Waals surface area contributed by atoms with Crippen LogP contribution in [0.3, 0.4) is 0 Å². The van der Waals surface area contributed by atoms with Crippen LogP contribution in [-0.2, 0) is 21.5 Å². The Hall–Kier alpha value is -2.43. The fraction of sp³-hybridized carbons (Fsp3) is 0.500. The highest BCUT2D eigenvalue weighted by Crippen LogP contribution is 2.31. The normalized spacial score (nSPS) is 16.2. The van der Waals surface area contributed by atoms with E-state index in [2.05, 4.69) is 4.98 Å². The smallest absolute Gasteiger partial charge is 0.330 e. The fourth-order valence-electron chi connectivity index (χ4n) is 3.21. The summed E-state index contributed by atoms with van der Waals surface area (Å²) in [6.07, 6.45) is 3.85. The van der Waals surface area contributed by atoms with Crippen molar-refractivity contribution in [2.45, 2.75) is 44.1 Å². The van der Waals surface area contributed by atoms with Gasteiger partial charge in [-0.1, -0.05) is 19.1 Å². The van der Waals surface area contributed by atoms with E-state index in [1.165, 1.54) is 29.7 Å². The third kappa shape index (κ3) is 6.28. The van der Waals surface area contributed by atoms with Gasteiger partial charge in [-0.05, 0) is 48.8 Å². The van der Waals surface area contributed by atoms with Crippen LogP contribution in [0.5, 0.6) is 5.75 Å². The monoisotopic (exact) mass is 437 g/mol. The van der Waals surface area contributed by atoms with Crippen molar-refractivity contribution in [2.24, 2.45) is 11.1 Å². The van der Waals surface area contributed by atoms with Crippen molar-refractivity contribution in [3.05, 3.63) is 62.9 Å². The molecule has 1 saturated carbocycles. The van der Waals surface area contributed by atoms with Crippen LogP contribution in [0, 0.1) is 5.92 Å². The molecule has 0 saturated heterocycles. The summed E-state index contributed by atoms with van der Waals surface area (Å²) < 4.78 is 36.8. The van der Waals surface area contributed by atoms with Gasteiger partial charge in [-0.15, -0.1) is 0 Å². The first-order valence-corrected chi connectivity index (χ1v) is 11.5. The summed E-state index contributed by atoms with van der Waals surface area (Å²) in [5.74, 6) is 0.965. The summed E-state index contributed by atoms with van der Waals surface area (Å²) in [5.41, 5.74) is -0.274. The van der Waals surface area contributed by atoms with Crippen LogP contribution in [-0.4, -0.2) is 36.4 Å². The minimum absolute atomic E-state index is 0.0782. The third-order valence-electron chi connectivity index (χ3n) is 5.22. The lowest BCUT2D eigenvalue weighted by atomic mass is 9.95. The molecule has 0 aliphatic heterocycles. The van der Waals surface area contributed by atoms with E-state index in [-0.39, 0.29) is 25.7 Å². The van der Waals surface area contributed by atoms with E-state index in [9.17, 15) is 18.0 Å². The zero-order chi connectivity index (χ0) is 21.7. The van der Waals surface area contributed by atoms with Gasteiger partial charge in [0.15, 0.2) is 0 Å². The van der Waals surface area contributed by atoms with Gasteiger partial charge in [0.1, 0.15) is 12.5 Å². The molecule has 3 rings (SSSR count). The molecule has 2 atom stereocenters. The summed E-state index contributed by atoms with van der Waals surface area (Å²) in [7, 11) is -3.84. The van der Waals surface area contributed by atoms with E-state index in [1.54, 1.807) is 0 Å². The zero-order valence-corrected chi connectivity index (χ0v) is 17.6. The molecule has 0 radical (unpaired) electrons. The molecule has 164 valence electrons. The third-order valence-corrected chi connectivity index (χ3v) is 6.71. The highest BCUT2D eigenvalue weighted by molar-refractivity contribution is 7.89. The highest BCUT2D eigenvalue weighted by Gasteiger charge is 2.29. The Morgan fingerprint density at radius 2 is 2.03 bits per heavy atom. The summed E-state index contributed by atoms with van der Waals surface area (Å²) >= 11 is 0. The van der Waals surface area contributed by atoms with Crippen LogP contribution in [0.25, 0.3) is 0 Å². The summed E-state index contributed by atoms with van der Waals surface area (Å²) in [6, 6.07) is 8.61. The van der Waals surface area contributed by atoms with Crippen LogP contribution >= 0.6 is 0 Å². The molecule has 10 heteroatoms. The largest absolute Gasteiger partial charge is 0.493 e. The number of primary sulfonamides is 1. The Balaban J connectivity index is 1.61. The highest BCUT2D eigenvalue weighted by atomic mass is 32.2. The number of sulfonamides is 1. The number of nitrogens with two attached hydrogens (primary N) is 1. The number of aromatic nitrogens is 2. The molecule has 1 aromatic heterocycles. The van der Waals surface area contributed by atoms with E-state index in [0.717, 1.165) is 5.56 Å². The minimum atomic E-state index is -3.84. The van der Waals surface area contributed by atoms with E-state index < -0.39 is 26.5 Å². The van der Waals surface area contributed by atoms with Gasteiger partial charge < -0.3 is 9.47 Å². The van der Waals surface area contributed by atoms with Crippen molar-refractivity contribution in [1.82, 2.24) is 9.55 Å². The van der Waals surface area contributed by atoms with Crippen molar-refractivity contribution in [3.63, 3.8) is 0 Å². The molecule has 1 aromatic carbocycles. The Bertz CT molecular complexity index is 1070. The molecule has 9 nitrogen and oxygen atoms in total. The Kier molecular flexibility index (Phi) is 7.11. The van der Waals surface area contributed by atoms with Crippen molar-refractivity contribution in [2.75, 3.05) is 13.2 Å². The summed E-state index contributed by atoms with van der Waals surface area (Å²) in [4.78, 5) is 24.9. The van der Waals surface area contributed by atoms with Gasteiger partial charge in [0.2, 0.25) is 10.0 Å². The van der Waals surface area contributed by atoms with Gasteiger partial charge in [-0.25, -0.2) is 18.4 Å². The van der Waals surface area contributed by atoms with Crippen LogP contribution in [0.2, 0.25) is 0 Å². The van der Waals surface area contributed by atoms with Crippen molar-refractivity contribution >= 4 is 10.0 Å². The molecule has 0 amide bonds. The standard InChI is InChI=1S/C20H27N3O6S/c1-14(16-3-2-4-17(11-16)29-12-15-5-6-15)18(30(21,26)27)8-10-28-13-23-9-7-19(24)22-20(23)25/h2-4,7,9,11,14-15,18H,5-6,8,10,12-13H2,1H3,(H2,21,26,27)(H,22,24,25). The maximum atomic E-state index is 12.2. The number of aromatic amines is 1. The summed E-state index contributed by atoms with van der Waals surface area (Å²) in [6.45, 7) is 2.45. The van der Waals surface area contributed by atoms with Gasteiger partial charge in [0.25, 0.3) is 5.56 Å². The van der Waals surface area contributed by atoms with Crippen molar-refractivity contribution in [1.29, 1.82) is 0 Å². The Labute approximate surface area is 174 Å². The van der Waals surface area contributed by atoms with Crippen LogP contribution in [0.1, 0.15) is 37.7 Å². The molecule has 30 heavy (non-hydrogen) atoms. The molecular formula is C20H27N3O6S. The maximum absolute atomic E-state index is 12.2. The second-order valence-electron chi connectivity index (χ2n) is 7.65. The predicted octanol–water partition coefficient (Wildman–Crippen LogP) is 1.15. The molecule has 1 aliphatic carbocycles. The topological polar surface area (TPSA) is 133 Å². The van der Waals surface area contributed by atoms with E-state index >= 15 is 0 Å². The van der Waals surface area contributed by atoms with Crippen LogP contribution in [0.15, 0.2) is 46.1 Å². The number of hydrogen-bond acceptors (Lipinski definition) is 6. The van der Waals surface area contributed by atoms with Crippen molar-refractivity contribution in [3.8, 4) is 5.75 Å². The average molecular weight is 438 g/mol. The Morgan fingerprint density at radius 1 is 1.27 bits per heavy atom. The number of rotatable bonds is 11. The maximum Gasteiger partial charge on any atom is 0.330 e. The average Bonchev–Trinajstić information content (AvgIpc) is 3.51. The number of benzene rings is 1. The zero-order valence-electron chi connectivity index (χ0n) is 16.8. The predicted molar refractivity (Wildman–Crippen MR) is 112 cm³/mol. The fourth-order valence-corrected chi connectivity index (χ4v) is 4.36. The number of nitrogens with zero attached hydrogens (tertiary/aromatic N) is 1. The van der Waals surface area contributed by atoms with Crippen LogP contribution in [0.4, 0.5) is 0 Å². The first-order chi connectivity index (χ1) is 14.2. The number of hydrogen-bond donors (Lipinski definition) is 2. The summed E-state index contributed by atoms with van der Waals surface area (Å²) in [5, 5.41) is 4.63. The van der Waals surface area contributed by atoms with Gasteiger partial charge in [-0.3, -0.25) is 14.3 Å². The molecule has 0 spiro atoms. The molecule has 1 aliphatic rings. The van der Waals surface area contributed by atoms with Gasteiger partial charge in [0, 0.05) is 12.3 Å². The van der Waals surface area contributed by atoms with E-state index in [1.807, 2.05) is 31.2 Å². The van der Waals surface area contributed by atoms with E-state index in [0.29, 0.717) is 18.3 Å². The second kappa shape index (κ2) is 9.59. The molecular weight excluding hydrogens is 410 g/mol. The lowest BCUT2D eigenvalue weighted by Crippen LogP contribution is -2.34. The molecule has 2 aromatic rings. The van der Waals surface area contributed by atoms with Crippen molar-refractivity contribution < 1.29 is 17.9 Å². The molecule has 0 bridgehead atoms. The molecule has 2 unspecified atom stereocenters. The van der Waals surface area contributed by atoms with Gasteiger partial charge in [0.05, 0.1) is 18.5 Å². The molecule has 1 fully saturated rings. The number of nitrogens with one attached hydrogen (secondary N) is 1. The molecule has 3 N–H and O–H groups in total. The second-order valence-corrected chi connectivity index (χ2v) is 9.43.